The normalized spacial score (nSPS) is 11.3. The molecule has 0 unspecified atom stereocenters. The third-order valence-corrected chi connectivity index (χ3v) is 7.14. The lowest BCUT2D eigenvalue weighted by Crippen LogP contribution is -2.30. The molecule has 0 aliphatic heterocycles. The van der Waals surface area contributed by atoms with Crippen LogP contribution in [0.5, 0.6) is 0 Å². The molecular formula is C23H29N3O4S2. The molecule has 172 valence electrons. The van der Waals surface area contributed by atoms with Gasteiger partial charge in [-0.3, -0.25) is 9.52 Å². The van der Waals surface area contributed by atoms with Crippen LogP contribution >= 0.6 is 11.3 Å². The van der Waals surface area contributed by atoms with Crippen molar-refractivity contribution < 1.29 is 17.6 Å². The average molecular weight is 476 g/mol. The maximum absolute atomic E-state index is 13.2. The van der Waals surface area contributed by atoms with Crippen molar-refractivity contribution in [1.82, 2.24) is 4.90 Å². The number of carbonyl (C=O) groups is 1. The summed E-state index contributed by atoms with van der Waals surface area (Å²) in [4.78, 5) is 17.5. The van der Waals surface area contributed by atoms with E-state index in [-0.39, 0.29) is 11.7 Å². The molecule has 0 saturated heterocycles. The van der Waals surface area contributed by atoms with E-state index >= 15 is 0 Å². The number of carbonyl (C=O) groups excluding carboxylic acids is 1. The van der Waals surface area contributed by atoms with Crippen LogP contribution in [0.3, 0.4) is 0 Å². The highest BCUT2D eigenvalue weighted by atomic mass is 32.2. The minimum Gasteiger partial charge on any atom is -0.467 e. The van der Waals surface area contributed by atoms with E-state index in [4.69, 9.17) is 4.42 Å². The maximum Gasteiger partial charge on any atom is 0.264 e. The fourth-order valence-corrected chi connectivity index (χ4v) is 5.28. The number of benzene rings is 1. The van der Waals surface area contributed by atoms with Crippen molar-refractivity contribution >= 4 is 38.6 Å². The van der Waals surface area contributed by atoms with E-state index < -0.39 is 10.0 Å². The van der Waals surface area contributed by atoms with E-state index in [1.807, 2.05) is 49.5 Å². The van der Waals surface area contributed by atoms with Gasteiger partial charge in [0.15, 0.2) is 0 Å². The van der Waals surface area contributed by atoms with Crippen molar-refractivity contribution in [1.29, 1.82) is 0 Å². The number of hydrogen-bond acceptors (Lipinski definition) is 6. The molecule has 0 radical (unpaired) electrons. The Morgan fingerprint density at radius 1 is 1.12 bits per heavy atom. The third kappa shape index (κ3) is 6.37. The van der Waals surface area contributed by atoms with Gasteiger partial charge < -0.3 is 14.2 Å². The first-order chi connectivity index (χ1) is 15.3. The zero-order valence-electron chi connectivity index (χ0n) is 18.6. The Labute approximate surface area is 193 Å². The lowest BCUT2D eigenvalue weighted by atomic mass is 10.1. The van der Waals surface area contributed by atoms with Gasteiger partial charge in [0.25, 0.3) is 5.91 Å². The minimum atomic E-state index is -3.43. The molecule has 0 atom stereocenters. The maximum atomic E-state index is 13.2. The number of hydrogen-bond donors (Lipinski definition) is 1. The van der Waals surface area contributed by atoms with Crippen LogP contribution in [0.1, 0.15) is 40.8 Å². The van der Waals surface area contributed by atoms with E-state index in [0.29, 0.717) is 35.8 Å². The van der Waals surface area contributed by atoms with Crippen molar-refractivity contribution in [2.75, 3.05) is 29.5 Å². The lowest BCUT2D eigenvalue weighted by Gasteiger charge is -2.25. The fraction of sp³-hybridized carbons (Fsp3) is 0.348. The number of unbranched alkanes of at least 4 members (excludes halogenated alkanes) is 1. The first-order valence-corrected chi connectivity index (χ1v) is 13.0. The predicted octanol–water partition coefficient (Wildman–Crippen LogP) is 4.79. The van der Waals surface area contributed by atoms with Crippen LogP contribution in [0.4, 0.5) is 11.4 Å². The largest absolute Gasteiger partial charge is 0.467 e. The van der Waals surface area contributed by atoms with Crippen LogP contribution in [0.15, 0.2) is 58.5 Å². The van der Waals surface area contributed by atoms with Crippen molar-refractivity contribution in [3.8, 4) is 0 Å². The average Bonchev–Trinajstić information content (AvgIpc) is 3.45. The summed E-state index contributed by atoms with van der Waals surface area (Å²) in [6.07, 6.45) is 2.99. The smallest absolute Gasteiger partial charge is 0.264 e. The molecule has 3 aromatic rings. The van der Waals surface area contributed by atoms with Crippen LogP contribution in [0.2, 0.25) is 0 Å². The highest BCUT2D eigenvalue weighted by molar-refractivity contribution is 7.92. The Morgan fingerprint density at radius 3 is 2.56 bits per heavy atom. The number of anilines is 2. The first kappa shape index (κ1) is 23.9. The summed E-state index contributed by atoms with van der Waals surface area (Å²) < 4.78 is 32.9. The molecule has 0 aliphatic carbocycles. The molecule has 2 aromatic heterocycles. The van der Waals surface area contributed by atoms with E-state index in [2.05, 4.69) is 4.72 Å². The highest BCUT2D eigenvalue weighted by Gasteiger charge is 2.21. The Bertz CT molecular complexity index is 1110. The van der Waals surface area contributed by atoms with Gasteiger partial charge in [-0.1, -0.05) is 19.4 Å². The van der Waals surface area contributed by atoms with Crippen LogP contribution < -0.4 is 9.62 Å². The second-order valence-electron chi connectivity index (χ2n) is 7.73. The van der Waals surface area contributed by atoms with E-state index in [1.165, 1.54) is 11.3 Å². The number of nitrogens with zero attached hydrogens (tertiary/aromatic N) is 2. The van der Waals surface area contributed by atoms with Gasteiger partial charge in [0.1, 0.15) is 5.76 Å². The topological polar surface area (TPSA) is 82.9 Å². The summed E-state index contributed by atoms with van der Waals surface area (Å²) in [5, 5.41) is 1.87. The van der Waals surface area contributed by atoms with Gasteiger partial charge in [0.05, 0.1) is 23.4 Å². The fourth-order valence-electron chi connectivity index (χ4n) is 3.33. The van der Waals surface area contributed by atoms with Gasteiger partial charge in [-0.2, -0.15) is 0 Å². The molecule has 0 spiro atoms. The second kappa shape index (κ2) is 10.7. The summed E-state index contributed by atoms with van der Waals surface area (Å²) in [7, 11) is 0.412. The van der Waals surface area contributed by atoms with Gasteiger partial charge in [0.2, 0.25) is 10.0 Å². The number of thiophene rings is 1. The Balaban J connectivity index is 1.91. The molecule has 1 aromatic carbocycles. The Morgan fingerprint density at radius 2 is 1.94 bits per heavy atom. The molecule has 32 heavy (non-hydrogen) atoms. The second-order valence-corrected chi connectivity index (χ2v) is 10.5. The van der Waals surface area contributed by atoms with Crippen LogP contribution in [0, 0.1) is 0 Å². The molecule has 2 heterocycles. The highest BCUT2D eigenvalue weighted by Crippen LogP contribution is 2.27. The van der Waals surface area contributed by atoms with Gasteiger partial charge in [-0.05, 0) is 53.8 Å². The van der Waals surface area contributed by atoms with Gasteiger partial charge in [0, 0.05) is 32.0 Å². The SMILES string of the molecule is CCCCS(=O)(=O)Nc1ccc(N(C)C)c(CN(Cc2ccco2)C(=O)c2cccs2)c1. The summed E-state index contributed by atoms with van der Waals surface area (Å²) in [5.74, 6) is 0.656. The summed E-state index contributed by atoms with van der Waals surface area (Å²) >= 11 is 1.39. The zero-order chi connectivity index (χ0) is 23.1. The van der Waals surface area contributed by atoms with Crippen LogP contribution in [-0.2, 0) is 23.1 Å². The molecule has 1 N–H and O–H groups in total. The lowest BCUT2D eigenvalue weighted by molar-refractivity contribution is 0.0723. The number of nitrogens with one attached hydrogen (secondary N) is 1. The van der Waals surface area contributed by atoms with Gasteiger partial charge in [-0.15, -0.1) is 11.3 Å². The molecule has 0 aliphatic rings. The van der Waals surface area contributed by atoms with Crippen LogP contribution in [0.25, 0.3) is 0 Å². The summed E-state index contributed by atoms with van der Waals surface area (Å²) in [6.45, 7) is 2.57. The number of sulfonamides is 1. The van der Waals surface area contributed by atoms with Crippen molar-refractivity contribution in [2.45, 2.75) is 32.9 Å². The van der Waals surface area contributed by atoms with Gasteiger partial charge in [-0.25, -0.2) is 8.42 Å². The molecule has 0 bridgehead atoms. The summed E-state index contributed by atoms with van der Waals surface area (Å²) in [5.41, 5.74) is 2.23. The van der Waals surface area contributed by atoms with Crippen LogP contribution in [-0.4, -0.2) is 39.1 Å². The molecule has 0 saturated carbocycles. The molecule has 3 rings (SSSR count). The molecular weight excluding hydrogens is 446 g/mol. The standard InChI is InChI=1S/C23H29N3O4S2/c1-4-5-14-32(28,29)24-19-10-11-21(25(2)3)18(15-19)16-26(17-20-8-6-12-30-20)23(27)22-9-7-13-31-22/h6-13,15,24H,4-5,14,16-17H2,1-3H3. The van der Waals surface area contributed by atoms with E-state index in [1.54, 1.807) is 35.4 Å². The van der Waals surface area contributed by atoms with E-state index in [9.17, 15) is 13.2 Å². The van der Waals surface area contributed by atoms with Crippen molar-refractivity contribution in [3.05, 3.63) is 70.3 Å². The number of furan rings is 1. The third-order valence-electron chi connectivity index (χ3n) is 4.91. The molecule has 9 heteroatoms. The predicted molar refractivity (Wildman–Crippen MR) is 130 cm³/mol. The number of rotatable bonds is 11. The van der Waals surface area contributed by atoms with Crippen molar-refractivity contribution in [3.63, 3.8) is 0 Å². The minimum absolute atomic E-state index is 0.0791. The summed E-state index contributed by atoms with van der Waals surface area (Å²) in [6, 6.07) is 12.7. The zero-order valence-corrected chi connectivity index (χ0v) is 20.2. The molecule has 0 fully saturated rings. The Kier molecular flexibility index (Phi) is 7.98. The molecule has 7 nitrogen and oxygen atoms in total. The van der Waals surface area contributed by atoms with Crippen molar-refractivity contribution in [2.24, 2.45) is 0 Å². The Hall–Kier alpha value is -2.78. The van der Waals surface area contributed by atoms with E-state index in [0.717, 1.165) is 17.7 Å². The quantitative estimate of drug-likeness (QED) is 0.431. The van der Waals surface area contributed by atoms with Gasteiger partial charge >= 0.3 is 0 Å². The number of amides is 1. The first-order valence-electron chi connectivity index (χ1n) is 10.4. The molecule has 1 amide bonds. The monoisotopic (exact) mass is 475 g/mol.